The van der Waals surface area contributed by atoms with Crippen molar-refractivity contribution in [2.75, 3.05) is 23.7 Å². The lowest BCUT2D eigenvalue weighted by molar-refractivity contribution is 0.471. The number of aromatic nitrogens is 2. The van der Waals surface area contributed by atoms with Gasteiger partial charge in [-0.1, -0.05) is 42.5 Å². The molecule has 2 atom stereocenters. The van der Waals surface area contributed by atoms with Crippen LogP contribution >= 0.6 is 0 Å². The van der Waals surface area contributed by atoms with Gasteiger partial charge in [-0.25, -0.2) is 9.97 Å². The van der Waals surface area contributed by atoms with Gasteiger partial charge in [0.05, 0.1) is 23.7 Å². The first-order valence-electron chi connectivity index (χ1n) is 9.42. The van der Waals surface area contributed by atoms with Gasteiger partial charge in [0.1, 0.15) is 0 Å². The second-order valence-corrected chi connectivity index (χ2v) is 6.79. The maximum absolute atomic E-state index is 8.93. The van der Waals surface area contributed by atoms with Gasteiger partial charge in [-0.2, -0.15) is 5.26 Å². The lowest BCUT2D eigenvalue weighted by Gasteiger charge is -2.33. The summed E-state index contributed by atoms with van der Waals surface area (Å²) in [5.41, 5.74) is 3.13. The number of hydrogen-bond donors (Lipinski definition) is 3. The second kappa shape index (κ2) is 8.51. The third-order valence-corrected chi connectivity index (χ3v) is 4.93. The Labute approximate surface area is 164 Å². The third-order valence-electron chi connectivity index (χ3n) is 4.93. The first-order chi connectivity index (χ1) is 13.8. The molecule has 2 heterocycles. The molecule has 0 radical (unpaired) electrons. The molecule has 3 N–H and O–H groups in total. The molecule has 28 heavy (non-hydrogen) atoms. The molecule has 2 aromatic carbocycles. The van der Waals surface area contributed by atoms with Crippen LogP contribution < -0.4 is 16.0 Å². The molecular weight excluding hydrogens is 348 g/mol. The number of anilines is 2. The van der Waals surface area contributed by atoms with E-state index in [1.807, 2.05) is 30.3 Å². The van der Waals surface area contributed by atoms with Gasteiger partial charge in [0.2, 0.25) is 0 Å². The average Bonchev–Trinajstić information content (AvgIpc) is 2.77. The van der Waals surface area contributed by atoms with Crippen molar-refractivity contribution in [2.45, 2.75) is 18.5 Å². The van der Waals surface area contributed by atoms with Crippen LogP contribution in [0.5, 0.6) is 0 Å². The maximum Gasteiger partial charge on any atom is 0.169 e. The molecular formula is C22H22N6. The van der Waals surface area contributed by atoms with Crippen molar-refractivity contribution >= 4 is 11.6 Å². The molecule has 0 saturated heterocycles. The van der Waals surface area contributed by atoms with Gasteiger partial charge >= 0.3 is 0 Å². The molecule has 0 unspecified atom stereocenters. The van der Waals surface area contributed by atoms with Crippen molar-refractivity contribution in [1.29, 1.82) is 5.26 Å². The van der Waals surface area contributed by atoms with E-state index >= 15 is 0 Å². The van der Waals surface area contributed by atoms with Crippen LogP contribution in [0.4, 0.5) is 11.6 Å². The summed E-state index contributed by atoms with van der Waals surface area (Å²) >= 11 is 0. The van der Waals surface area contributed by atoms with E-state index in [0.29, 0.717) is 5.56 Å². The minimum atomic E-state index is 0.127. The average molecular weight is 370 g/mol. The quantitative estimate of drug-likeness (QED) is 0.618. The topological polar surface area (TPSA) is 85.7 Å². The molecule has 0 fully saturated rings. The Hall–Kier alpha value is -3.43. The summed E-state index contributed by atoms with van der Waals surface area (Å²) < 4.78 is 0. The Kier molecular flexibility index (Phi) is 5.46. The van der Waals surface area contributed by atoms with Crippen LogP contribution in [0.1, 0.15) is 22.7 Å². The van der Waals surface area contributed by atoms with Crippen LogP contribution in [-0.2, 0) is 6.42 Å². The van der Waals surface area contributed by atoms with Gasteiger partial charge in [0.15, 0.2) is 11.6 Å². The predicted molar refractivity (Wildman–Crippen MR) is 110 cm³/mol. The molecule has 0 aliphatic carbocycles. The summed E-state index contributed by atoms with van der Waals surface area (Å²) in [6.07, 6.45) is 4.29. The van der Waals surface area contributed by atoms with E-state index in [2.05, 4.69) is 56.3 Å². The van der Waals surface area contributed by atoms with Crippen molar-refractivity contribution < 1.29 is 0 Å². The molecule has 0 bridgehead atoms. The zero-order valence-electron chi connectivity index (χ0n) is 15.5. The van der Waals surface area contributed by atoms with Crippen LogP contribution in [0, 0.1) is 11.3 Å². The number of fused-ring (bicyclic) bond motifs is 1. The number of benzene rings is 2. The van der Waals surface area contributed by atoms with Gasteiger partial charge in [-0.05, 0) is 36.2 Å². The van der Waals surface area contributed by atoms with Gasteiger partial charge in [-0.3, -0.25) is 0 Å². The number of nitrogens with zero attached hydrogens (tertiary/aromatic N) is 3. The van der Waals surface area contributed by atoms with E-state index in [1.54, 1.807) is 12.4 Å². The lowest BCUT2D eigenvalue weighted by atomic mass is 9.97. The molecule has 3 aromatic rings. The molecule has 6 heteroatoms. The zero-order chi connectivity index (χ0) is 19.2. The summed E-state index contributed by atoms with van der Waals surface area (Å²) in [6, 6.07) is 20.7. The van der Waals surface area contributed by atoms with Gasteiger partial charge in [0, 0.05) is 18.9 Å². The Morgan fingerprint density at radius 3 is 2.54 bits per heavy atom. The van der Waals surface area contributed by atoms with Crippen LogP contribution in [-0.4, -0.2) is 29.1 Å². The highest BCUT2D eigenvalue weighted by molar-refractivity contribution is 5.62. The summed E-state index contributed by atoms with van der Waals surface area (Å²) in [7, 11) is 0. The lowest BCUT2D eigenvalue weighted by Crippen LogP contribution is -2.44. The second-order valence-electron chi connectivity index (χ2n) is 6.79. The standard InChI is InChI=1S/C22H22N6/c23-14-17-8-6-16(7-9-17)10-11-24-20(18-4-2-1-3-5-18)19-15-27-21-22(28-19)26-13-12-25-21/h1-9,12-13,19-20,24H,10-11,15H2,(H,25,27)(H,26,28)/t19-,20-/m1/s1. The molecule has 1 aliphatic heterocycles. The smallest absolute Gasteiger partial charge is 0.169 e. The largest absolute Gasteiger partial charge is 0.365 e. The van der Waals surface area contributed by atoms with Crippen LogP contribution in [0.15, 0.2) is 67.0 Å². The van der Waals surface area contributed by atoms with E-state index in [1.165, 1.54) is 11.1 Å². The van der Waals surface area contributed by atoms with E-state index in [4.69, 9.17) is 5.26 Å². The van der Waals surface area contributed by atoms with Gasteiger partial charge in [0.25, 0.3) is 0 Å². The highest BCUT2D eigenvalue weighted by atomic mass is 15.2. The number of nitriles is 1. The Balaban J connectivity index is 1.46. The van der Waals surface area contributed by atoms with E-state index in [-0.39, 0.29) is 12.1 Å². The Morgan fingerprint density at radius 2 is 1.79 bits per heavy atom. The minimum absolute atomic E-state index is 0.127. The predicted octanol–water partition coefficient (Wildman–Crippen LogP) is 3.13. The normalized spacial score (nSPS) is 16.2. The molecule has 0 spiro atoms. The molecule has 140 valence electrons. The zero-order valence-corrected chi connectivity index (χ0v) is 15.5. The van der Waals surface area contributed by atoms with Crippen LogP contribution in [0.25, 0.3) is 0 Å². The van der Waals surface area contributed by atoms with Crippen molar-refractivity contribution in [3.63, 3.8) is 0 Å². The molecule has 0 amide bonds. The van der Waals surface area contributed by atoms with Crippen molar-refractivity contribution in [3.05, 3.63) is 83.7 Å². The highest BCUT2D eigenvalue weighted by Crippen LogP contribution is 2.26. The molecule has 1 aromatic heterocycles. The van der Waals surface area contributed by atoms with Crippen molar-refractivity contribution in [2.24, 2.45) is 0 Å². The summed E-state index contributed by atoms with van der Waals surface area (Å²) in [6.45, 7) is 1.59. The van der Waals surface area contributed by atoms with Crippen molar-refractivity contribution in [3.8, 4) is 6.07 Å². The first kappa shape index (κ1) is 18.0. The Bertz CT molecular complexity index is 949. The summed E-state index contributed by atoms with van der Waals surface area (Å²) in [5, 5.41) is 19.5. The highest BCUT2D eigenvalue weighted by Gasteiger charge is 2.27. The first-order valence-corrected chi connectivity index (χ1v) is 9.42. The SMILES string of the molecule is N#Cc1ccc(CCN[C@H](c2ccccc2)[C@H]2CNc3nccnc3N2)cc1. The van der Waals surface area contributed by atoms with Gasteiger partial charge in [-0.15, -0.1) is 0 Å². The third kappa shape index (κ3) is 4.11. The molecule has 6 nitrogen and oxygen atoms in total. The van der Waals surface area contributed by atoms with Crippen LogP contribution in [0.3, 0.4) is 0 Å². The van der Waals surface area contributed by atoms with Crippen molar-refractivity contribution in [1.82, 2.24) is 15.3 Å². The van der Waals surface area contributed by atoms with Crippen LogP contribution in [0.2, 0.25) is 0 Å². The number of nitrogens with one attached hydrogen (secondary N) is 3. The fourth-order valence-corrected chi connectivity index (χ4v) is 3.48. The molecule has 1 aliphatic rings. The Morgan fingerprint density at radius 1 is 1.04 bits per heavy atom. The van der Waals surface area contributed by atoms with E-state index in [0.717, 1.165) is 31.1 Å². The van der Waals surface area contributed by atoms with E-state index in [9.17, 15) is 0 Å². The monoisotopic (exact) mass is 370 g/mol. The van der Waals surface area contributed by atoms with E-state index < -0.39 is 0 Å². The summed E-state index contributed by atoms with van der Waals surface area (Å²) in [4.78, 5) is 8.72. The molecule has 0 saturated carbocycles. The number of hydrogen-bond acceptors (Lipinski definition) is 6. The fraction of sp³-hybridized carbons (Fsp3) is 0.227. The maximum atomic E-state index is 8.93. The fourth-order valence-electron chi connectivity index (χ4n) is 3.48. The minimum Gasteiger partial charge on any atom is -0.365 e. The number of rotatable bonds is 6. The molecule has 4 rings (SSSR count). The van der Waals surface area contributed by atoms with Gasteiger partial charge < -0.3 is 16.0 Å². The summed E-state index contributed by atoms with van der Waals surface area (Å²) in [5.74, 6) is 1.58.